The Kier molecular flexibility index (Phi) is 4.74. The fourth-order valence-corrected chi connectivity index (χ4v) is 3.31. The van der Waals surface area contributed by atoms with Crippen LogP contribution in [0.4, 0.5) is 17.1 Å². The van der Waals surface area contributed by atoms with Gasteiger partial charge in [0.2, 0.25) is 5.91 Å². The van der Waals surface area contributed by atoms with Crippen molar-refractivity contribution in [2.75, 3.05) is 22.5 Å². The van der Waals surface area contributed by atoms with E-state index in [1.165, 1.54) is 11.3 Å². The minimum absolute atomic E-state index is 0.0268. The van der Waals surface area contributed by atoms with Crippen LogP contribution in [0.15, 0.2) is 42.5 Å². The van der Waals surface area contributed by atoms with Gasteiger partial charge >= 0.3 is 0 Å². The lowest BCUT2D eigenvalue weighted by molar-refractivity contribution is -0.116. The standard InChI is InChI=1S/C20H25N3O/c1-14-7-10-17(21)13-18(14)22-20(24)11-12-23-15(2)8-9-16-5-3-4-6-19(16)23/h3-7,10,13,15H,8-9,11-12,21H2,1-2H3,(H,22,24). The highest BCUT2D eigenvalue weighted by molar-refractivity contribution is 5.92. The summed E-state index contributed by atoms with van der Waals surface area (Å²) in [6, 6.07) is 14.5. The first-order valence-corrected chi connectivity index (χ1v) is 8.55. The maximum absolute atomic E-state index is 12.4. The lowest BCUT2D eigenvalue weighted by Crippen LogP contribution is -2.39. The van der Waals surface area contributed by atoms with Crippen molar-refractivity contribution in [2.24, 2.45) is 0 Å². The molecule has 0 spiro atoms. The lowest BCUT2D eigenvalue weighted by Gasteiger charge is -2.37. The topological polar surface area (TPSA) is 58.4 Å². The average molecular weight is 323 g/mol. The summed E-state index contributed by atoms with van der Waals surface area (Å²) in [6.07, 6.45) is 2.71. The number of nitrogens with two attached hydrogens (primary N) is 1. The Morgan fingerprint density at radius 1 is 1.29 bits per heavy atom. The van der Waals surface area contributed by atoms with E-state index in [0.29, 0.717) is 18.2 Å². The summed E-state index contributed by atoms with van der Waals surface area (Å²) in [5.41, 5.74) is 10.9. The fraction of sp³-hybridized carbons (Fsp3) is 0.350. The molecule has 24 heavy (non-hydrogen) atoms. The molecular weight excluding hydrogens is 298 g/mol. The predicted molar refractivity (Wildman–Crippen MR) is 100 cm³/mol. The molecule has 3 rings (SSSR count). The molecule has 1 aliphatic heterocycles. The molecule has 126 valence electrons. The van der Waals surface area contributed by atoms with Crippen LogP contribution in [-0.4, -0.2) is 18.5 Å². The summed E-state index contributed by atoms with van der Waals surface area (Å²) in [6.45, 7) is 4.93. The summed E-state index contributed by atoms with van der Waals surface area (Å²) < 4.78 is 0. The zero-order chi connectivity index (χ0) is 17.1. The van der Waals surface area contributed by atoms with Crippen molar-refractivity contribution in [1.82, 2.24) is 0 Å². The number of rotatable bonds is 4. The number of hydrogen-bond donors (Lipinski definition) is 2. The van der Waals surface area contributed by atoms with Crippen molar-refractivity contribution in [2.45, 2.75) is 39.2 Å². The first-order valence-electron chi connectivity index (χ1n) is 8.55. The van der Waals surface area contributed by atoms with Gasteiger partial charge in [0, 0.05) is 36.1 Å². The molecule has 2 aromatic carbocycles. The lowest BCUT2D eigenvalue weighted by atomic mass is 9.96. The van der Waals surface area contributed by atoms with Crippen molar-refractivity contribution in [1.29, 1.82) is 0 Å². The summed E-state index contributed by atoms with van der Waals surface area (Å²) in [5.74, 6) is 0.0268. The van der Waals surface area contributed by atoms with Crippen LogP contribution in [-0.2, 0) is 11.2 Å². The molecule has 0 radical (unpaired) electrons. The van der Waals surface area contributed by atoms with Gasteiger partial charge in [-0.3, -0.25) is 4.79 Å². The fourth-order valence-electron chi connectivity index (χ4n) is 3.31. The number of para-hydroxylation sites is 1. The number of amides is 1. The summed E-state index contributed by atoms with van der Waals surface area (Å²) >= 11 is 0. The molecule has 4 nitrogen and oxygen atoms in total. The Balaban J connectivity index is 1.65. The van der Waals surface area contributed by atoms with Crippen molar-refractivity contribution in [3.8, 4) is 0 Å². The third kappa shape index (κ3) is 3.53. The zero-order valence-electron chi connectivity index (χ0n) is 14.4. The molecule has 0 aromatic heterocycles. The second-order valence-electron chi connectivity index (χ2n) is 6.58. The maximum Gasteiger partial charge on any atom is 0.226 e. The van der Waals surface area contributed by atoms with Crippen molar-refractivity contribution in [3.05, 3.63) is 53.6 Å². The Labute approximate surface area is 143 Å². The van der Waals surface area contributed by atoms with E-state index < -0.39 is 0 Å². The highest BCUT2D eigenvalue weighted by Gasteiger charge is 2.22. The van der Waals surface area contributed by atoms with Crippen LogP contribution in [0, 0.1) is 6.92 Å². The van der Waals surface area contributed by atoms with Crippen LogP contribution >= 0.6 is 0 Å². The van der Waals surface area contributed by atoms with Gasteiger partial charge in [-0.2, -0.15) is 0 Å². The number of nitrogens with one attached hydrogen (secondary N) is 1. The first-order chi connectivity index (χ1) is 11.5. The van der Waals surface area contributed by atoms with Gasteiger partial charge in [0.15, 0.2) is 0 Å². The molecule has 1 unspecified atom stereocenters. The van der Waals surface area contributed by atoms with Crippen LogP contribution in [0.5, 0.6) is 0 Å². The van der Waals surface area contributed by atoms with E-state index in [2.05, 4.69) is 41.4 Å². The molecule has 0 saturated carbocycles. The van der Waals surface area contributed by atoms with Gasteiger partial charge in [0.1, 0.15) is 0 Å². The third-order valence-corrected chi connectivity index (χ3v) is 4.78. The minimum Gasteiger partial charge on any atom is -0.399 e. The number of nitrogen functional groups attached to an aromatic ring is 1. The Morgan fingerprint density at radius 3 is 2.92 bits per heavy atom. The molecule has 1 atom stereocenters. The molecule has 2 aromatic rings. The second kappa shape index (κ2) is 6.95. The Hall–Kier alpha value is -2.49. The van der Waals surface area contributed by atoms with Gasteiger partial charge in [-0.05, 0) is 56.0 Å². The number of aryl methyl sites for hydroxylation is 2. The van der Waals surface area contributed by atoms with Gasteiger partial charge in [0.05, 0.1) is 0 Å². The smallest absolute Gasteiger partial charge is 0.226 e. The SMILES string of the molecule is Cc1ccc(N)cc1NC(=O)CCN1c2ccccc2CCC1C. The van der Waals surface area contributed by atoms with E-state index in [-0.39, 0.29) is 5.91 Å². The van der Waals surface area contributed by atoms with Crippen molar-refractivity contribution in [3.63, 3.8) is 0 Å². The van der Waals surface area contributed by atoms with Gasteiger partial charge in [-0.1, -0.05) is 24.3 Å². The number of fused-ring (bicyclic) bond motifs is 1. The van der Waals surface area contributed by atoms with Crippen molar-refractivity contribution >= 4 is 23.0 Å². The van der Waals surface area contributed by atoms with Gasteiger partial charge in [0.25, 0.3) is 0 Å². The van der Waals surface area contributed by atoms with E-state index in [1.54, 1.807) is 0 Å². The molecule has 1 amide bonds. The number of nitrogens with zero attached hydrogens (tertiary/aromatic N) is 1. The highest BCUT2D eigenvalue weighted by atomic mass is 16.1. The van der Waals surface area contributed by atoms with Crippen LogP contribution in [0.25, 0.3) is 0 Å². The van der Waals surface area contributed by atoms with Crippen LogP contribution in [0.3, 0.4) is 0 Å². The van der Waals surface area contributed by atoms with E-state index >= 15 is 0 Å². The summed E-state index contributed by atoms with van der Waals surface area (Å²) in [5, 5.41) is 2.98. The minimum atomic E-state index is 0.0268. The zero-order valence-corrected chi connectivity index (χ0v) is 14.4. The molecule has 1 aliphatic rings. The van der Waals surface area contributed by atoms with E-state index in [9.17, 15) is 4.79 Å². The Morgan fingerprint density at radius 2 is 2.08 bits per heavy atom. The number of carbonyl (C=O) groups is 1. The molecule has 0 fully saturated rings. The summed E-state index contributed by atoms with van der Waals surface area (Å²) in [4.78, 5) is 14.7. The van der Waals surface area contributed by atoms with E-state index in [1.807, 2.05) is 25.1 Å². The monoisotopic (exact) mass is 323 g/mol. The number of hydrogen-bond acceptors (Lipinski definition) is 3. The quantitative estimate of drug-likeness (QED) is 0.843. The van der Waals surface area contributed by atoms with Gasteiger partial charge in [-0.15, -0.1) is 0 Å². The molecule has 0 bridgehead atoms. The van der Waals surface area contributed by atoms with Gasteiger partial charge in [-0.25, -0.2) is 0 Å². The molecular formula is C20H25N3O. The number of benzene rings is 2. The highest BCUT2D eigenvalue weighted by Crippen LogP contribution is 2.30. The maximum atomic E-state index is 12.4. The van der Waals surface area contributed by atoms with Crippen molar-refractivity contribution < 1.29 is 4.79 Å². The van der Waals surface area contributed by atoms with Gasteiger partial charge < -0.3 is 16.0 Å². The largest absolute Gasteiger partial charge is 0.399 e. The average Bonchev–Trinajstić information content (AvgIpc) is 2.57. The summed E-state index contributed by atoms with van der Waals surface area (Å²) in [7, 11) is 0. The molecule has 4 heteroatoms. The normalized spacial score (nSPS) is 16.6. The van der Waals surface area contributed by atoms with E-state index in [0.717, 1.165) is 30.6 Å². The molecule has 0 saturated heterocycles. The molecule has 3 N–H and O–H groups in total. The number of anilines is 3. The van der Waals surface area contributed by atoms with E-state index in [4.69, 9.17) is 5.73 Å². The number of carbonyl (C=O) groups excluding carboxylic acids is 1. The first kappa shape index (κ1) is 16.4. The Bertz CT molecular complexity index is 741. The predicted octanol–water partition coefficient (Wildman–Crippen LogP) is 3.75. The second-order valence-corrected chi connectivity index (χ2v) is 6.58. The van der Waals surface area contributed by atoms with Crippen LogP contribution in [0.1, 0.15) is 30.9 Å². The van der Waals surface area contributed by atoms with Crippen LogP contribution < -0.4 is 16.0 Å². The van der Waals surface area contributed by atoms with Crippen LogP contribution in [0.2, 0.25) is 0 Å². The third-order valence-electron chi connectivity index (χ3n) is 4.78. The molecule has 1 heterocycles. The molecule has 0 aliphatic carbocycles.